The first kappa shape index (κ1) is 18.1. The summed E-state index contributed by atoms with van der Waals surface area (Å²) in [7, 11) is 0. The van der Waals surface area contributed by atoms with Crippen LogP contribution in [-0.4, -0.2) is 39.6 Å². The van der Waals surface area contributed by atoms with Crippen LogP contribution in [-0.2, 0) is 16.8 Å². The van der Waals surface area contributed by atoms with Crippen LogP contribution >= 0.6 is 11.3 Å². The minimum Gasteiger partial charge on any atom is -0.382 e. The summed E-state index contributed by atoms with van der Waals surface area (Å²) in [6.45, 7) is 2.18. The first-order valence-corrected chi connectivity index (χ1v) is 10.3. The summed E-state index contributed by atoms with van der Waals surface area (Å²) < 4.78 is 6.34. The molecule has 2 aliphatic rings. The van der Waals surface area contributed by atoms with Gasteiger partial charge in [-0.2, -0.15) is 4.98 Å². The molecule has 150 valence electrons. The number of piperidine rings is 1. The molecule has 5 rings (SSSR count). The van der Waals surface area contributed by atoms with Crippen LogP contribution in [0.25, 0.3) is 10.6 Å². The van der Waals surface area contributed by atoms with Crippen molar-refractivity contribution in [2.45, 2.75) is 24.9 Å². The van der Waals surface area contributed by atoms with E-state index in [0.29, 0.717) is 18.2 Å². The number of nitrogen functional groups attached to an aromatic ring is 2. The van der Waals surface area contributed by atoms with Crippen LogP contribution in [0.15, 0.2) is 29.3 Å². The summed E-state index contributed by atoms with van der Waals surface area (Å²) in [6, 6.07) is 3.68. The zero-order valence-corrected chi connectivity index (χ0v) is 16.5. The maximum Gasteiger partial charge on any atom is 0.254 e. The van der Waals surface area contributed by atoms with Crippen LogP contribution in [0, 0.1) is 0 Å². The van der Waals surface area contributed by atoms with E-state index in [2.05, 4.69) is 30.9 Å². The molecule has 0 unspecified atom stereocenters. The lowest BCUT2D eigenvalue weighted by Crippen LogP contribution is -2.46. The molecule has 2 aliphatic heterocycles. The van der Waals surface area contributed by atoms with E-state index in [1.807, 2.05) is 0 Å². The van der Waals surface area contributed by atoms with Crippen molar-refractivity contribution in [1.29, 1.82) is 0 Å². The highest BCUT2D eigenvalue weighted by atomic mass is 32.1. The number of nitrogens with zero attached hydrogens (tertiary/aromatic N) is 4. The SMILES string of the molecule is Nc1cnc(-c2cc3c(s2)CCOC32CCN(c3cc(=O)[nH]c(N)n3)CC2)cn1. The van der Waals surface area contributed by atoms with E-state index in [4.69, 9.17) is 16.2 Å². The number of anilines is 3. The minimum absolute atomic E-state index is 0.135. The van der Waals surface area contributed by atoms with E-state index in [1.54, 1.807) is 23.7 Å². The number of thiophene rings is 1. The third kappa shape index (κ3) is 3.23. The number of nitrogens with one attached hydrogen (secondary N) is 1. The Hall–Kier alpha value is -2.98. The van der Waals surface area contributed by atoms with Gasteiger partial charge in [0.25, 0.3) is 5.56 Å². The standard InChI is InChI=1S/C19H21N7O2S/c20-15-10-22-12(9-23-15)14-7-11-13(29-14)1-6-28-19(11)2-4-26(5-3-19)16-8-17(27)25-18(21)24-16/h7-10H,1-6H2,(H2,20,23)(H3,21,24,25,27). The molecule has 0 aromatic carbocycles. The third-order valence-corrected chi connectivity index (χ3v) is 6.79. The Bertz CT molecular complexity index is 1100. The first-order valence-electron chi connectivity index (χ1n) is 9.49. The smallest absolute Gasteiger partial charge is 0.254 e. The van der Waals surface area contributed by atoms with Crippen molar-refractivity contribution in [2.75, 3.05) is 36.1 Å². The molecule has 9 nitrogen and oxygen atoms in total. The Balaban J connectivity index is 1.42. The molecule has 10 heteroatoms. The Kier molecular flexibility index (Phi) is 4.25. The van der Waals surface area contributed by atoms with Crippen molar-refractivity contribution in [3.05, 3.63) is 45.3 Å². The van der Waals surface area contributed by atoms with Crippen LogP contribution < -0.4 is 21.9 Å². The number of nitrogens with two attached hydrogens (primary N) is 2. The number of hydrogen-bond acceptors (Lipinski definition) is 9. The molecule has 5 heterocycles. The monoisotopic (exact) mass is 411 g/mol. The van der Waals surface area contributed by atoms with Gasteiger partial charge in [0, 0.05) is 30.5 Å². The van der Waals surface area contributed by atoms with Crippen LogP contribution in [0.4, 0.5) is 17.6 Å². The van der Waals surface area contributed by atoms with Crippen LogP contribution in [0.1, 0.15) is 23.3 Å². The summed E-state index contributed by atoms with van der Waals surface area (Å²) >= 11 is 1.75. The Morgan fingerprint density at radius 2 is 2.00 bits per heavy atom. The van der Waals surface area contributed by atoms with E-state index >= 15 is 0 Å². The molecule has 3 aromatic heterocycles. The number of H-pyrrole nitrogens is 1. The number of aromatic nitrogens is 4. The topological polar surface area (TPSA) is 136 Å². The fourth-order valence-electron chi connectivity index (χ4n) is 4.14. The summed E-state index contributed by atoms with van der Waals surface area (Å²) in [5.41, 5.74) is 12.9. The van der Waals surface area contributed by atoms with Gasteiger partial charge in [0.1, 0.15) is 11.6 Å². The molecule has 1 fully saturated rings. The van der Waals surface area contributed by atoms with Crippen molar-refractivity contribution >= 4 is 28.9 Å². The maximum atomic E-state index is 11.7. The quantitative estimate of drug-likeness (QED) is 0.577. The van der Waals surface area contributed by atoms with Gasteiger partial charge in [-0.3, -0.25) is 9.78 Å². The van der Waals surface area contributed by atoms with E-state index in [0.717, 1.165) is 42.9 Å². The Labute approximate surface area is 170 Å². The fraction of sp³-hybridized carbons (Fsp3) is 0.368. The zero-order valence-electron chi connectivity index (χ0n) is 15.7. The summed E-state index contributed by atoms with van der Waals surface area (Å²) in [5.74, 6) is 1.16. The minimum atomic E-state index is -0.313. The van der Waals surface area contributed by atoms with Crippen molar-refractivity contribution in [1.82, 2.24) is 19.9 Å². The van der Waals surface area contributed by atoms with Crippen LogP contribution in [0.3, 0.4) is 0 Å². The Morgan fingerprint density at radius 3 is 2.72 bits per heavy atom. The molecule has 0 aliphatic carbocycles. The predicted molar refractivity (Wildman–Crippen MR) is 112 cm³/mol. The predicted octanol–water partition coefficient (Wildman–Crippen LogP) is 1.52. The van der Waals surface area contributed by atoms with Gasteiger partial charge in [0.05, 0.1) is 35.2 Å². The largest absolute Gasteiger partial charge is 0.382 e. The molecule has 0 radical (unpaired) electrons. The van der Waals surface area contributed by atoms with Crippen LogP contribution in [0.5, 0.6) is 0 Å². The third-order valence-electron chi connectivity index (χ3n) is 5.57. The van der Waals surface area contributed by atoms with Gasteiger partial charge in [-0.05, 0) is 24.5 Å². The zero-order chi connectivity index (χ0) is 20.0. The second kappa shape index (κ2) is 6.82. The number of ether oxygens (including phenoxy) is 1. The fourth-order valence-corrected chi connectivity index (χ4v) is 5.34. The lowest BCUT2D eigenvalue weighted by Gasteiger charge is -2.44. The molecule has 0 bridgehead atoms. The molecule has 0 amide bonds. The first-order chi connectivity index (χ1) is 14.0. The van der Waals surface area contributed by atoms with Gasteiger partial charge in [0.15, 0.2) is 0 Å². The van der Waals surface area contributed by atoms with Crippen LogP contribution in [0.2, 0.25) is 0 Å². The lowest BCUT2D eigenvalue weighted by molar-refractivity contribution is -0.0757. The highest BCUT2D eigenvalue weighted by Crippen LogP contribution is 2.46. The van der Waals surface area contributed by atoms with Crippen molar-refractivity contribution in [3.8, 4) is 10.6 Å². The Morgan fingerprint density at radius 1 is 1.17 bits per heavy atom. The average Bonchev–Trinajstić information content (AvgIpc) is 3.14. The van der Waals surface area contributed by atoms with E-state index < -0.39 is 0 Å². The van der Waals surface area contributed by atoms with E-state index in [9.17, 15) is 4.79 Å². The highest BCUT2D eigenvalue weighted by molar-refractivity contribution is 7.15. The molecular weight excluding hydrogens is 390 g/mol. The van der Waals surface area contributed by atoms with Gasteiger partial charge in [-0.15, -0.1) is 11.3 Å². The molecule has 1 spiro atoms. The second-order valence-corrected chi connectivity index (χ2v) is 8.48. The van der Waals surface area contributed by atoms with Crippen molar-refractivity contribution in [3.63, 3.8) is 0 Å². The van der Waals surface area contributed by atoms with E-state index in [-0.39, 0.29) is 17.1 Å². The summed E-state index contributed by atoms with van der Waals surface area (Å²) in [6.07, 6.45) is 5.83. The highest BCUT2D eigenvalue weighted by Gasteiger charge is 2.42. The maximum absolute atomic E-state index is 11.7. The van der Waals surface area contributed by atoms with Crippen molar-refractivity contribution < 1.29 is 4.74 Å². The molecule has 0 saturated carbocycles. The molecule has 0 atom stereocenters. The molecule has 5 N–H and O–H groups in total. The van der Waals surface area contributed by atoms with Gasteiger partial charge < -0.3 is 21.1 Å². The molecule has 29 heavy (non-hydrogen) atoms. The van der Waals surface area contributed by atoms with Gasteiger partial charge in [-0.1, -0.05) is 0 Å². The number of rotatable bonds is 2. The average molecular weight is 411 g/mol. The molecular formula is C19H21N7O2S. The van der Waals surface area contributed by atoms with Gasteiger partial charge in [0.2, 0.25) is 5.95 Å². The second-order valence-electron chi connectivity index (χ2n) is 7.34. The number of hydrogen-bond donors (Lipinski definition) is 3. The number of fused-ring (bicyclic) bond motifs is 2. The summed E-state index contributed by atoms with van der Waals surface area (Å²) in [4.78, 5) is 31.6. The van der Waals surface area contributed by atoms with E-state index in [1.165, 1.54) is 16.5 Å². The van der Waals surface area contributed by atoms with Gasteiger partial charge in [-0.25, -0.2) is 9.97 Å². The lowest BCUT2D eigenvalue weighted by atomic mass is 9.82. The number of aromatic amines is 1. The summed E-state index contributed by atoms with van der Waals surface area (Å²) in [5, 5.41) is 0. The molecule has 1 saturated heterocycles. The normalized spacial score (nSPS) is 18.0. The van der Waals surface area contributed by atoms with Gasteiger partial charge >= 0.3 is 0 Å². The van der Waals surface area contributed by atoms with Crippen molar-refractivity contribution in [2.24, 2.45) is 0 Å². The molecule has 3 aromatic rings.